The Morgan fingerprint density at radius 2 is 2.00 bits per heavy atom. The number of aryl methyl sites for hydroxylation is 1. The zero-order chi connectivity index (χ0) is 15.6. The van der Waals surface area contributed by atoms with Crippen molar-refractivity contribution in [3.8, 4) is 0 Å². The van der Waals surface area contributed by atoms with Crippen molar-refractivity contribution >= 4 is 46.3 Å². The third kappa shape index (κ3) is 3.14. The second kappa shape index (κ2) is 6.11. The van der Waals surface area contributed by atoms with Gasteiger partial charge in [-0.1, -0.05) is 29.3 Å². The zero-order valence-corrected chi connectivity index (χ0v) is 12.7. The highest BCUT2D eigenvalue weighted by atomic mass is 35.5. The van der Waals surface area contributed by atoms with Crippen molar-refractivity contribution in [2.75, 3.05) is 17.7 Å². The number of rotatable bonds is 4. The average molecular weight is 328 g/mol. The molecule has 0 spiro atoms. The van der Waals surface area contributed by atoms with Gasteiger partial charge < -0.3 is 10.6 Å². The molecular formula is C12H11Cl2N5O2. The fraction of sp³-hybridized carbons (Fsp3) is 0.167. The van der Waals surface area contributed by atoms with Gasteiger partial charge in [-0.3, -0.25) is 10.1 Å². The highest BCUT2D eigenvalue weighted by molar-refractivity contribution is 6.43. The first-order chi connectivity index (χ1) is 9.93. The number of hydrogen-bond donors (Lipinski definition) is 2. The van der Waals surface area contributed by atoms with E-state index in [1.54, 1.807) is 25.2 Å². The van der Waals surface area contributed by atoms with Gasteiger partial charge in [0, 0.05) is 7.05 Å². The first-order valence-corrected chi connectivity index (χ1v) is 6.61. The van der Waals surface area contributed by atoms with E-state index in [0.717, 1.165) is 0 Å². The van der Waals surface area contributed by atoms with Crippen LogP contribution in [0.15, 0.2) is 18.2 Å². The summed E-state index contributed by atoms with van der Waals surface area (Å²) in [6.07, 6.45) is 0. The second-order valence-electron chi connectivity index (χ2n) is 4.06. The van der Waals surface area contributed by atoms with Gasteiger partial charge in [-0.2, -0.15) is 4.98 Å². The Hall–Kier alpha value is -2.12. The summed E-state index contributed by atoms with van der Waals surface area (Å²) >= 11 is 12.0. The first kappa shape index (κ1) is 15.3. The SMILES string of the molecule is CNc1nc(C)c([N+](=O)[O-])c(Nc2cccc(Cl)c2Cl)n1. The summed E-state index contributed by atoms with van der Waals surface area (Å²) in [6, 6.07) is 4.94. The van der Waals surface area contributed by atoms with E-state index in [4.69, 9.17) is 23.2 Å². The molecule has 0 saturated carbocycles. The lowest BCUT2D eigenvalue weighted by Gasteiger charge is -2.11. The minimum Gasteiger partial charge on any atom is -0.357 e. The molecule has 2 aromatic rings. The molecule has 2 rings (SSSR count). The molecule has 0 aliphatic carbocycles. The molecule has 0 atom stereocenters. The number of halogens is 2. The Kier molecular flexibility index (Phi) is 4.44. The minimum atomic E-state index is -0.546. The molecule has 2 N–H and O–H groups in total. The maximum absolute atomic E-state index is 11.2. The number of hydrogen-bond acceptors (Lipinski definition) is 6. The van der Waals surface area contributed by atoms with E-state index < -0.39 is 4.92 Å². The van der Waals surface area contributed by atoms with Crippen LogP contribution in [0.3, 0.4) is 0 Å². The molecule has 9 heteroatoms. The Bertz CT molecular complexity index is 708. The van der Waals surface area contributed by atoms with E-state index in [9.17, 15) is 10.1 Å². The summed E-state index contributed by atoms with van der Waals surface area (Å²) in [4.78, 5) is 18.7. The lowest BCUT2D eigenvalue weighted by molar-refractivity contribution is -0.385. The topological polar surface area (TPSA) is 93.0 Å². The van der Waals surface area contributed by atoms with Crippen LogP contribution < -0.4 is 10.6 Å². The number of aromatic nitrogens is 2. The van der Waals surface area contributed by atoms with Gasteiger partial charge in [0.15, 0.2) is 0 Å². The van der Waals surface area contributed by atoms with Gasteiger partial charge in [0.05, 0.1) is 20.7 Å². The van der Waals surface area contributed by atoms with Crippen LogP contribution in [0.25, 0.3) is 0 Å². The van der Waals surface area contributed by atoms with Crippen molar-refractivity contribution in [1.29, 1.82) is 0 Å². The summed E-state index contributed by atoms with van der Waals surface area (Å²) in [6.45, 7) is 1.53. The third-order valence-electron chi connectivity index (χ3n) is 2.67. The highest BCUT2D eigenvalue weighted by Gasteiger charge is 2.22. The Balaban J connectivity index is 2.54. The van der Waals surface area contributed by atoms with Crippen LogP contribution >= 0.6 is 23.2 Å². The molecule has 0 fully saturated rings. The summed E-state index contributed by atoms with van der Waals surface area (Å²) in [5.41, 5.74) is 0.442. The lowest BCUT2D eigenvalue weighted by Crippen LogP contribution is -2.07. The van der Waals surface area contributed by atoms with Gasteiger partial charge in [-0.25, -0.2) is 4.98 Å². The van der Waals surface area contributed by atoms with Crippen LogP contribution in [0.4, 0.5) is 23.1 Å². The summed E-state index contributed by atoms with van der Waals surface area (Å²) < 4.78 is 0. The van der Waals surface area contributed by atoms with Crippen LogP contribution in [-0.4, -0.2) is 21.9 Å². The maximum atomic E-state index is 11.2. The summed E-state index contributed by atoms with van der Waals surface area (Å²) in [7, 11) is 1.62. The fourth-order valence-corrected chi connectivity index (χ4v) is 2.06. The second-order valence-corrected chi connectivity index (χ2v) is 4.85. The van der Waals surface area contributed by atoms with Crippen LogP contribution in [0, 0.1) is 17.0 Å². The van der Waals surface area contributed by atoms with Crippen LogP contribution in [-0.2, 0) is 0 Å². The van der Waals surface area contributed by atoms with Gasteiger partial charge in [-0.15, -0.1) is 0 Å². The first-order valence-electron chi connectivity index (χ1n) is 5.86. The predicted molar refractivity (Wildman–Crippen MR) is 82.7 cm³/mol. The molecule has 21 heavy (non-hydrogen) atoms. The molecule has 110 valence electrons. The van der Waals surface area contributed by atoms with E-state index in [1.165, 1.54) is 6.92 Å². The van der Waals surface area contributed by atoms with Crippen molar-refractivity contribution in [2.45, 2.75) is 6.92 Å². The molecule has 0 aliphatic rings. The number of nitrogens with one attached hydrogen (secondary N) is 2. The van der Waals surface area contributed by atoms with Crippen molar-refractivity contribution in [1.82, 2.24) is 9.97 Å². The van der Waals surface area contributed by atoms with E-state index in [-0.39, 0.29) is 28.2 Å². The fourth-order valence-electron chi connectivity index (χ4n) is 1.71. The highest BCUT2D eigenvalue weighted by Crippen LogP contribution is 2.35. The van der Waals surface area contributed by atoms with Crippen LogP contribution in [0.1, 0.15) is 5.69 Å². The zero-order valence-electron chi connectivity index (χ0n) is 11.1. The molecule has 0 amide bonds. The van der Waals surface area contributed by atoms with Gasteiger partial charge in [0.1, 0.15) is 5.69 Å². The van der Waals surface area contributed by atoms with E-state index in [1.807, 2.05) is 0 Å². The molecular weight excluding hydrogens is 317 g/mol. The summed E-state index contributed by atoms with van der Waals surface area (Å²) in [5.74, 6) is 0.305. The number of nitrogens with zero attached hydrogens (tertiary/aromatic N) is 3. The Morgan fingerprint density at radius 1 is 1.29 bits per heavy atom. The van der Waals surface area contributed by atoms with Gasteiger partial charge >= 0.3 is 5.69 Å². The molecule has 1 aromatic heterocycles. The quantitative estimate of drug-likeness (QED) is 0.655. The number of benzene rings is 1. The molecule has 1 aromatic carbocycles. The van der Waals surface area contributed by atoms with Crippen molar-refractivity contribution in [2.24, 2.45) is 0 Å². The maximum Gasteiger partial charge on any atom is 0.332 e. The minimum absolute atomic E-state index is 0.0426. The molecule has 0 radical (unpaired) electrons. The summed E-state index contributed by atoms with van der Waals surface area (Å²) in [5, 5.41) is 17.4. The van der Waals surface area contributed by atoms with E-state index >= 15 is 0 Å². The molecule has 0 bridgehead atoms. The van der Waals surface area contributed by atoms with Crippen LogP contribution in [0.5, 0.6) is 0 Å². The van der Waals surface area contributed by atoms with Gasteiger partial charge in [0.2, 0.25) is 11.8 Å². The number of anilines is 3. The third-order valence-corrected chi connectivity index (χ3v) is 3.49. The molecule has 1 heterocycles. The Morgan fingerprint density at radius 3 is 2.62 bits per heavy atom. The monoisotopic (exact) mass is 327 g/mol. The van der Waals surface area contributed by atoms with Crippen molar-refractivity contribution in [3.63, 3.8) is 0 Å². The smallest absolute Gasteiger partial charge is 0.332 e. The van der Waals surface area contributed by atoms with Crippen molar-refractivity contribution in [3.05, 3.63) is 44.1 Å². The molecule has 7 nitrogen and oxygen atoms in total. The number of nitro groups is 1. The lowest BCUT2D eigenvalue weighted by atomic mass is 10.3. The average Bonchev–Trinajstić information content (AvgIpc) is 2.42. The van der Waals surface area contributed by atoms with E-state index in [0.29, 0.717) is 10.7 Å². The molecule has 0 aliphatic heterocycles. The standard InChI is InChI=1S/C12H11Cl2N5O2/c1-6-10(19(20)21)11(18-12(15-2)16-6)17-8-5-3-4-7(13)9(8)14/h3-5H,1-2H3,(H2,15,16,17,18). The Labute approximate surface area is 130 Å². The van der Waals surface area contributed by atoms with Gasteiger partial charge in [0.25, 0.3) is 0 Å². The van der Waals surface area contributed by atoms with Gasteiger partial charge in [-0.05, 0) is 19.1 Å². The molecule has 0 unspecified atom stereocenters. The normalized spacial score (nSPS) is 10.3. The van der Waals surface area contributed by atoms with E-state index in [2.05, 4.69) is 20.6 Å². The molecule has 0 saturated heterocycles. The predicted octanol–water partition coefficient (Wildman–Crippen LogP) is 3.79. The van der Waals surface area contributed by atoms with Crippen LogP contribution in [0.2, 0.25) is 10.0 Å². The largest absolute Gasteiger partial charge is 0.357 e. The van der Waals surface area contributed by atoms with Crippen molar-refractivity contribution < 1.29 is 4.92 Å².